The summed E-state index contributed by atoms with van der Waals surface area (Å²) in [5.41, 5.74) is 3.79. The number of amides is 1. The predicted octanol–water partition coefficient (Wildman–Crippen LogP) is 3.14. The molecule has 3 heterocycles. The molecule has 7 heteroatoms. The molecule has 3 aromatic heterocycles. The highest BCUT2D eigenvalue weighted by atomic mass is 35.5. The van der Waals surface area contributed by atoms with Gasteiger partial charge in [-0.15, -0.1) is 0 Å². The molecule has 0 saturated heterocycles. The van der Waals surface area contributed by atoms with Crippen LogP contribution in [-0.2, 0) is 6.42 Å². The first kappa shape index (κ1) is 15.7. The van der Waals surface area contributed by atoms with Crippen LogP contribution < -0.4 is 5.32 Å². The van der Waals surface area contributed by atoms with Crippen molar-refractivity contribution in [1.29, 1.82) is 0 Å². The highest BCUT2D eigenvalue weighted by Crippen LogP contribution is 2.16. The summed E-state index contributed by atoms with van der Waals surface area (Å²) in [6.07, 6.45) is 2.32. The van der Waals surface area contributed by atoms with Crippen LogP contribution in [0, 0.1) is 6.92 Å². The molecule has 0 radical (unpaired) electrons. The van der Waals surface area contributed by atoms with Gasteiger partial charge in [-0.3, -0.25) is 9.20 Å². The molecule has 0 aliphatic carbocycles. The first-order valence-electron chi connectivity index (χ1n) is 7.98. The number of para-hydroxylation sites is 2. The van der Waals surface area contributed by atoms with Crippen molar-refractivity contribution in [1.82, 2.24) is 24.7 Å². The lowest BCUT2D eigenvalue weighted by molar-refractivity contribution is 0.0947. The number of pyridine rings is 1. The number of benzene rings is 1. The molecule has 4 rings (SSSR count). The van der Waals surface area contributed by atoms with Crippen molar-refractivity contribution < 1.29 is 4.79 Å². The summed E-state index contributed by atoms with van der Waals surface area (Å²) in [6.45, 7) is 2.29. The van der Waals surface area contributed by atoms with Crippen molar-refractivity contribution in [2.45, 2.75) is 13.3 Å². The normalized spacial score (nSPS) is 11.3. The number of halogens is 1. The van der Waals surface area contributed by atoms with Gasteiger partial charge in [-0.2, -0.15) is 0 Å². The minimum Gasteiger partial charge on any atom is -0.350 e. The Balaban J connectivity index is 1.49. The molecule has 0 unspecified atom stereocenters. The van der Waals surface area contributed by atoms with E-state index in [-0.39, 0.29) is 5.91 Å². The molecule has 25 heavy (non-hydrogen) atoms. The van der Waals surface area contributed by atoms with Gasteiger partial charge < -0.3 is 10.3 Å². The van der Waals surface area contributed by atoms with Crippen molar-refractivity contribution in [3.8, 4) is 0 Å². The van der Waals surface area contributed by atoms with Crippen molar-refractivity contribution in [3.63, 3.8) is 0 Å². The Labute approximate surface area is 148 Å². The minimum atomic E-state index is -0.177. The smallest absolute Gasteiger partial charge is 0.270 e. The van der Waals surface area contributed by atoms with Crippen LogP contribution in [0.5, 0.6) is 0 Å². The standard InChI is InChI=1S/C18H16ClN5O/c1-11-17(24-10-12(19)6-7-16(24)21-11)18(25)20-9-8-15-22-13-4-2-3-5-14(13)23-15/h2-7,10H,8-9H2,1H3,(H,20,25)(H,22,23). The van der Waals surface area contributed by atoms with Crippen molar-refractivity contribution in [2.24, 2.45) is 0 Å². The second-order valence-electron chi connectivity index (χ2n) is 5.83. The van der Waals surface area contributed by atoms with E-state index < -0.39 is 0 Å². The van der Waals surface area contributed by atoms with E-state index in [9.17, 15) is 4.79 Å². The molecule has 0 aliphatic heterocycles. The van der Waals surface area contributed by atoms with Gasteiger partial charge >= 0.3 is 0 Å². The second-order valence-corrected chi connectivity index (χ2v) is 6.26. The van der Waals surface area contributed by atoms with E-state index in [1.807, 2.05) is 31.2 Å². The maximum atomic E-state index is 12.6. The Hall–Kier alpha value is -2.86. The molecular weight excluding hydrogens is 338 g/mol. The van der Waals surface area contributed by atoms with Crippen molar-refractivity contribution in [3.05, 3.63) is 64.8 Å². The van der Waals surface area contributed by atoms with E-state index in [0.717, 1.165) is 16.9 Å². The topological polar surface area (TPSA) is 75.1 Å². The zero-order valence-corrected chi connectivity index (χ0v) is 14.3. The lowest BCUT2D eigenvalue weighted by atomic mass is 10.3. The van der Waals surface area contributed by atoms with Crippen LogP contribution in [0.1, 0.15) is 22.0 Å². The Morgan fingerprint density at radius 1 is 1.24 bits per heavy atom. The maximum Gasteiger partial charge on any atom is 0.270 e. The Kier molecular flexibility index (Phi) is 3.89. The van der Waals surface area contributed by atoms with Crippen LogP contribution in [0.3, 0.4) is 0 Å². The van der Waals surface area contributed by atoms with Gasteiger partial charge in [-0.1, -0.05) is 23.7 Å². The number of aromatic amines is 1. The van der Waals surface area contributed by atoms with Gasteiger partial charge in [0.2, 0.25) is 0 Å². The summed E-state index contributed by atoms with van der Waals surface area (Å²) >= 11 is 6.03. The summed E-state index contributed by atoms with van der Waals surface area (Å²) < 4.78 is 1.72. The highest BCUT2D eigenvalue weighted by Gasteiger charge is 2.16. The third-order valence-electron chi connectivity index (χ3n) is 4.06. The quantitative estimate of drug-likeness (QED) is 0.592. The maximum absolute atomic E-state index is 12.6. The van der Waals surface area contributed by atoms with Gasteiger partial charge in [0.05, 0.1) is 21.7 Å². The van der Waals surface area contributed by atoms with Crippen molar-refractivity contribution in [2.75, 3.05) is 6.54 Å². The first-order valence-corrected chi connectivity index (χ1v) is 8.35. The summed E-state index contributed by atoms with van der Waals surface area (Å²) in [4.78, 5) is 24.7. The average molecular weight is 354 g/mol. The zero-order chi connectivity index (χ0) is 17.4. The summed E-state index contributed by atoms with van der Waals surface area (Å²) in [7, 11) is 0. The van der Waals surface area contributed by atoms with Gasteiger partial charge in [0.1, 0.15) is 17.2 Å². The summed E-state index contributed by atoms with van der Waals surface area (Å²) in [5.74, 6) is 0.669. The number of nitrogens with one attached hydrogen (secondary N) is 2. The number of aromatic nitrogens is 4. The SMILES string of the molecule is Cc1nc2ccc(Cl)cn2c1C(=O)NCCc1nc2ccccc2[nH]1. The van der Waals surface area contributed by atoms with Crippen LogP contribution in [0.2, 0.25) is 5.02 Å². The number of H-pyrrole nitrogens is 1. The molecule has 0 atom stereocenters. The molecule has 0 aliphatic rings. The van der Waals surface area contributed by atoms with E-state index in [1.165, 1.54) is 0 Å². The number of hydrogen-bond acceptors (Lipinski definition) is 3. The minimum absolute atomic E-state index is 0.177. The van der Waals surface area contributed by atoms with Gasteiger partial charge in [0.15, 0.2) is 0 Å². The van der Waals surface area contributed by atoms with E-state index in [1.54, 1.807) is 22.7 Å². The number of aryl methyl sites for hydroxylation is 1. The number of imidazole rings is 2. The number of fused-ring (bicyclic) bond motifs is 2. The first-order chi connectivity index (χ1) is 12.1. The molecule has 0 bridgehead atoms. The molecule has 0 saturated carbocycles. The van der Waals surface area contributed by atoms with Gasteiger partial charge in [-0.05, 0) is 31.2 Å². The summed E-state index contributed by atoms with van der Waals surface area (Å²) in [6, 6.07) is 11.4. The average Bonchev–Trinajstić information content (AvgIpc) is 3.14. The van der Waals surface area contributed by atoms with E-state index in [0.29, 0.717) is 35.0 Å². The van der Waals surface area contributed by atoms with Crippen molar-refractivity contribution >= 4 is 34.2 Å². The second kappa shape index (κ2) is 6.22. The fourth-order valence-corrected chi connectivity index (χ4v) is 3.07. The number of carbonyl (C=O) groups excluding carboxylic acids is 1. The van der Waals surface area contributed by atoms with Gasteiger partial charge in [0, 0.05) is 19.2 Å². The fraction of sp³-hybridized carbons (Fsp3) is 0.167. The van der Waals surface area contributed by atoms with Crippen LogP contribution >= 0.6 is 11.6 Å². The monoisotopic (exact) mass is 353 g/mol. The van der Waals surface area contributed by atoms with Crippen LogP contribution in [0.15, 0.2) is 42.6 Å². The van der Waals surface area contributed by atoms with Crippen LogP contribution in [0.25, 0.3) is 16.7 Å². The number of rotatable bonds is 4. The number of hydrogen-bond donors (Lipinski definition) is 2. The van der Waals surface area contributed by atoms with Crippen LogP contribution in [-0.4, -0.2) is 31.8 Å². The summed E-state index contributed by atoms with van der Waals surface area (Å²) in [5, 5.41) is 3.48. The molecule has 1 amide bonds. The third kappa shape index (κ3) is 2.96. The molecule has 4 aromatic rings. The zero-order valence-electron chi connectivity index (χ0n) is 13.6. The molecule has 1 aromatic carbocycles. The highest BCUT2D eigenvalue weighted by molar-refractivity contribution is 6.30. The fourth-order valence-electron chi connectivity index (χ4n) is 2.91. The Bertz CT molecular complexity index is 1050. The molecule has 6 nitrogen and oxygen atoms in total. The molecule has 0 fully saturated rings. The number of nitrogens with zero attached hydrogens (tertiary/aromatic N) is 3. The van der Waals surface area contributed by atoms with Gasteiger partial charge in [0.25, 0.3) is 5.91 Å². The Morgan fingerprint density at radius 2 is 2.08 bits per heavy atom. The largest absolute Gasteiger partial charge is 0.350 e. The molecule has 126 valence electrons. The number of carbonyl (C=O) groups is 1. The molecule has 2 N–H and O–H groups in total. The predicted molar refractivity (Wildman–Crippen MR) is 97.1 cm³/mol. The van der Waals surface area contributed by atoms with E-state index in [4.69, 9.17) is 11.6 Å². The Morgan fingerprint density at radius 3 is 2.92 bits per heavy atom. The molecule has 0 spiro atoms. The third-order valence-corrected chi connectivity index (χ3v) is 4.28. The lowest BCUT2D eigenvalue weighted by Crippen LogP contribution is -2.27. The van der Waals surface area contributed by atoms with E-state index >= 15 is 0 Å². The lowest BCUT2D eigenvalue weighted by Gasteiger charge is -2.05. The van der Waals surface area contributed by atoms with Gasteiger partial charge in [-0.25, -0.2) is 9.97 Å². The molecular formula is C18H16ClN5O. The van der Waals surface area contributed by atoms with Crippen LogP contribution in [0.4, 0.5) is 0 Å². The van der Waals surface area contributed by atoms with E-state index in [2.05, 4.69) is 20.3 Å².